The van der Waals surface area contributed by atoms with E-state index >= 15 is 0 Å². The van der Waals surface area contributed by atoms with Gasteiger partial charge in [-0.15, -0.1) is 0 Å². The first-order chi connectivity index (χ1) is 5.74. The summed E-state index contributed by atoms with van der Waals surface area (Å²) in [6.45, 7) is 12.3. The van der Waals surface area contributed by atoms with Crippen molar-refractivity contribution in [3.05, 3.63) is 0 Å². The molecule has 0 heterocycles. The highest BCUT2D eigenvalue weighted by Crippen LogP contribution is 2.38. The molecule has 1 saturated carbocycles. The molecule has 3 heteroatoms. The summed E-state index contributed by atoms with van der Waals surface area (Å²) in [5, 5.41) is 0.325. The molecule has 0 aromatic carbocycles. The van der Waals surface area contributed by atoms with Gasteiger partial charge in [-0.2, -0.15) is 0 Å². The van der Waals surface area contributed by atoms with Gasteiger partial charge in [0.1, 0.15) is 0 Å². The summed E-state index contributed by atoms with van der Waals surface area (Å²) in [5.41, 5.74) is 5.74. The number of hydrogen-bond acceptors (Lipinski definition) is 2. The Morgan fingerprint density at radius 2 is 1.85 bits per heavy atom. The van der Waals surface area contributed by atoms with E-state index in [0.29, 0.717) is 17.0 Å². The molecule has 0 radical (unpaired) electrons. The Bertz CT molecular complexity index is 186. The maximum Gasteiger partial charge on any atom is 0.191 e. The first-order valence-corrected chi connectivity index (χ1v) is 8.04. The van der Waals surface area contributed by atoms with Gasteiger partial charge in [-0.05, 0) is 30.5 Å². The van der Waals surface area contributed by atoms with Crippen LogP contribution in [-0.4, -0.2) is 21.0 Å². The van der Waals surface area contributed by atoms with Crippen molar-refractivity contribution in [2.45, 2.75) is 51.4 Å². The van der Waals surface area contributed by atoms with E-state index < -0.39 is 8.32 Å². The minimum absolute atomic E-state index is 0.325. The third-order valence-electron chi connectivity index (χ3n) is 3.44. The first-order valence-electron chi connectivity index (χ1n) is 5.13. The van der Waals surface area contributed by atoms with Crippen LogP contribution >= 0.6 is 0 Å². The molecule has 1 rings (SSSR count). The molecule has 0 amide bonds. The summed E-state index contributed by atoms with van der Waals surface area (Å²) >= 11 is 0. The molecule has 78 valence electrons. The van der Waals surface area contributed by atoms with E-state index in [1.54, 1.807) is 0 Å². The summed E-state index contributed by atoms with van der Waals surface area (Å²) in [7, 11) is -1.51. The summed E-state index contributed by atoms with van der Waals surface area (Å²) in [5.74, 6) is 0.647. The molecule has 1 aliphatic rings. The number of nitrogens with two attached hydrogens (primary N) is 1. The van der Waals surface area contributed by atoms with E-state index in [-0.39, 0.29) is 0 Å². The van der Waals surface area contributed by atoms with Gasteiger partial charge in [-0.1, -0.05) is 20.8 Å². The fourth-order valence-corrected chi connectivity index (χ4v) is 2.06. The lowest BCUT2D eigenvalue weighted by atomic mass is 10.2. The normalized spacial score (nSPS) is 29.1. The van der Waals surface area contributed by atoms with Gasteiger partial charge in [0.25, 0.3) is 0 Å². The van der Waals surface area contributed by atoms with Crippen LogP contribution in [0.4, 0.5) is 0 Å². The number of hydrogen-bond donors (Lipinski definition) is 1. The van der Waals surface area contributed by atoms with Gasteiger partial charge in [-0.25, -0.2) is 0 Å². The number of rotatable bonds is 3. The monoisotopic (exact) mass is 201 g/mol. The van der Waals surface area contributed by atoms with Gasteiger partial charge in [0.05, 0.1) is 0 Å². The largest absolute Gasteiger partial charge is 0.416 e. The van der Waals surface area contributed by atoms with E-state index in [9.17, 15) is 0 Å². The lowest BCUT2D eigenvalue weighted by Crippen LogP contribution is -2.41. The molecule has 1 aliphatic carbocycles. The second-order valence-electron chi connectivity index (χ2n) is 5.73. The van der Waals surface area contributed by atoms with E-state index in [2.05, 4.69) is 33.9 Å². The molecule has 13 heavy (non-hydrogen) atoms. The van der Waals surface area contributed by atoms with E-state index in [0.717, 1.165) is 13.0 Å². The van der Waals surface area contributed by atoms with E-state index in [1.807, 2.05) is 0 Å². The van der Waals surface area contributed by atoms with Crippen molar-refractivity contribution < 1.29 is 4.43 Å². The minimum Gasteiger partial charge on any atom is -0.416 e. The second kappa shape index (κ2) is 3.37. The predicted molar refractivity (Wildman–Crippen MR) is 59.2 cm³/mol. The first kappa shape index (κ1) is 11.2. The highest BCUT2D eigenvalue weighted by molar-refractivity contribution is 6.74. The van der Waals surface area contributed by atoms with Crippen molar-refractivity contribution in [2.24, 2.45) is 11.7 Å². The third kappa shape index (κ3) is 2.79. The SMILES string of the molecule is CC(C)(C)[Si](C)(C)OC[C@@H]1C[C@H]1N. The molecule has 0 spiro atoms. The molecule has 2 nitrogen and oxygen atoms in total. The van der Waals surface area contributed by atoms with Crippen LogP contribution in [0.5, 0.6) is 0 Å². The van der Waals surface area contributed by atoms with Gasteiger partial charge in [0, 0.05) is 12.6 Å². The maximum absolute atomic E-state index is 6.05. The molecule has 0 aromatic rings. The van der Waals surface area contributed by atoms with Crippen molar-refractivity contribution in [2.75, 3.05) is 6.61 Å². The van der Waals surface area contributed by atoms with Crippen LogP contribution in [0, 0.1) is 5.92 Å². The molecule has 0 unspecified atom stereocenters. The second-order valence-corrected chi connectivity index (χ2v) is 10.5. The zero-order valence-electron chi connectivity index (χ0n) is 9.55. The molecule has 0 aromatic heterocycles. The average molecular weight is 201 g/mol. The Hall–Kier alpha value is 0.137. The van der Waals surface area contributed by atoms with Crippen LogP contribution in [0.2, 0.25) is 18.1 Å². The van der Waals surface area contributed by atoms with Gasteiger partial charge >= 0.3 is 0 Å². The van der Waals surface area contributed by atoms with Gasteiger partial charge in [0.2, 0.25) is 0 Å². The third-order valence-corrected chi connectivity index (χ3v) is 7.94. The maximum atomic E-state index is 6.05. The van der Waals surface area contributed by atoms with Crippen LogP contribution in [0.1, 0.15) is 27.2 Å². The highest BCUT2D eigenvalue weighted by Gasteiger charge is 2.40. The predicted octanol–water partition coefficient (Wildman–Crippen LogP) is 2.36. The van der Waals surface area contributed by atoms with Crippen LogP contribution in [-0.2, 0) is 4.43 Å². The lowest BCUT2D eigenvalue weighted by Gasteiger charge is -2.36. The smallest absolute Gasteiger partial charge is 0.191 e. The molecule has 0 saturated heterocycles. The van der Waals surface area contributed by atoms with Gasteiger partial charge < -0.3 is 10.2 Å². The van der Waals surface area contributed by atoms with Crippen LogP contribution in [0.15, 0.2) is 0 Å². The summed E-state index contributed by atoms with van der Waals surface area (Å²) in [6.07, 6.45) is 1.16. The van der Waals surface area contributed by atoms with Crippen molar-refractivity contribution in [1.82, 2.24) is 0 Å². The van der Waals surface area contributed by atoms with Crippen LogP contribution in [0.3, 0.4) is 0 Å². The Labute approximate surface area is 83.0 Å². The fourth-order valence-electron chi connectivity index (χ4n) is 0.995. The van der Waals surface area contributed by atoms with Crippen molar-refractivity contribution in [3.8, 4) is 0 Å². The van der Waals surface area contributed by atoms with E-state index in [4.69, 9.17) is 10.2 Å². The standard InChI is InChI=1S/C10H23NOSi/c1-10(2,3)13(4,5)12-7-8-6-9(8)11/h8-9H,6-7,11H2,1-5H3/t8-,9+/m0/s1. The average Bonchev–Trinajstić information content (AvgIpc) is 2.60. The molecule has 1 fully saturated rings. The van der Waals surface area contributed by atoms with Crippen LogP contribution in [0.25, 0.3) is 0 Å². The van der Waals surface area contributed by atoms with Crippen LogP contribution < -0.4 is 5.73 Å². The Morgan fingerprint density at radius 1 is 1.38 bits per heavy atom. The highest BCUT2D eigenvalue weighted by atomic mass is 28.4. The molecule has 0 bridgehead atoms. The molecule has 0 aliphatic heterocycles. The van der Waals surface area contributed by atoms with Gasteiger partial charge in [-0.3, -0.25) is 0 Å². The van der Waals surface area contributed by atoms with Crippen molar-refractivity contribution >= 4 is 8.32 Å². The van der Waals surface area contributed by atoms with E-state index in [1.165, 1.54) is 0 Å². The lowest BCUT2D eigenvalue weighted by molar-refractivity contribution is 0.270. The van der Waals surface area contributed by atoms with Gasteiger partial charge in [0.15, 0.2) is 8.32 Å². The molecular formula is C10H23NOSi. The summed E-state index contributed by atoms with van der Waals surface area (Å²) in [4.78, 5) is 0. The topological polar surface area (TPSA) is 35.2 Å². The Morgan fingerprint density at radius 3 is 2.15 bits per heavy atom. The Balaban J connectivity index is 2.34. The summed E-state index contributed by atoms with van der Waals surface area (Å²) < 4.78 is 6.05. The van der Waals surface area contributed by atoms with Crippen molar-refractivity contribution in [1.29, 1.82) is 0 Å². The molecule has 2 N–H and O–H groups in total. The molecule has 2 atom stereocenters. The zero-order chi connectivity index (χ0) is 10.3. The minimum atomic E-state index is -1.51. The Kier molecular flexibility index (Phi) is 2.91. The quantitative estimate of drug-likeness (QED) is 0.711. The zero-order valence-corrected chi connectivity index (χ0v) is 10.6. The summed E-state index contributed by atoms with van der Waals surface area (Å²) in [6, 6.07) is 0.421. The van der Waals surface area contributed by atoms with Crippen molar-refractivity contribution in [3.63, 3.8) is 0 Å². The molecular weight excluding hydrogens is 178 g/mol. The fraction of sp³-hybridized carbons (Fsp3) is 1.00.